The molecule has 1 amide bonds. The number of carbonyl (C=O) groups is 2. The third-order valence-corrected chi connectivity index (χ3v) is 3.64. The molecule has 4 nitrogen and oxygen atoms in total. The van der Waals surface area contributed by atoms with E-state index in [1.807, 2.05) is 0 Å². The van der Waals surface area contributed by atoms with Crippen LogP contribution in [-0.2, 0) is 20.7 Å². The number of hydrogen-bond donors (Lipinski definition) is 1. The molecule has 0 bridgehead atoms. The van der Waals surface area contributed by atoms with Crippen molar-refractivity contribution in [1.82, 2.24) is 0 Å². The third kappa shape index (κ3) is 5.75. The van der Waals surface area contributed by atoms with Gasteiger partial charge in [0.05, 0.1) is 6.42 Å². The summed E-state index contributed by atoms with van der Waals surface area (Å²) in [5, 5.41) is 3.93. The van der Waals surface area contributed by atoms with Crippen molar-refractivity contribution in [3.8, 4) is 0 Å². The number of benzene rings is 2. The molecule has 120 valence electrons. The maximum atomic E-state index is 11.7. The zero-order valence-corrected chi connectivity index (χ0v) is 14.1. The van der Waals surface area contributed by atoms with Crippen LogP contribution in [-0.4, -0.2) is 18.5 Å². The van der Waals surface area contributed by atoms with Gasteiger partial charge in [-0.05, 0) is 35.9 Å². The molecular formula is C16H12Cl3NO3. The van der Waals surface area contributed by atoms with E-state index in [-0.39, 0.29) is 6.42 Å². The Morgan fingerprint density at radius 1 is 1.00 bits per heavy atom. The lowest BCUT2D eigenvalue weighted by Crippen LogP contribution is -2.21. The molecule has 2 aromatic rings. The summed E-state index contributed by atoms with van der Waals surface area (Å²) in [5.74, 6) is -1.02. The molecule has 7 heteroatoms. The van der Waals surface area contributed by atoms with Crippen LogP contribution in [0, 0.1) is 0 Å². The minimum Gasteiger partial charge on any atom is -0.455 e. The fourth-order valence-corrected chi connectivity index (χ4v) is 2.45. The van der Waals surface area contributed by atoms with Crippen molar-refractivity contribution in [2.45, 2.75) is 6.42 Å². The van der Waals surface area contributed by atoms with Gasteiger partial charge in [-0.25, -0.2) is 0 Å². The number of carbonyl (C=O) groups excluding carboxylic acids is 2. The Morgan fingerprint density at radius 2 is 1.74 bits per heavy atom. The molecule has 0 saturated carbocycles. The second-order valence-electron chi connectivity index (χ2n) is 4.63. The molecule has 0 spiro atoms. The Balaban J connectivity index is 1.83. The summed E-state index contributed by atoms with van der Waals surface area (Å²) < 4.78 is 4.92. The van der Waals surface area contributed by atoms with E-state index >= 15 is 0 Å². The van der Waals surface area contributed by atoms with Gasteiger partial charge in [0.15, 0.2) is 6.61 Å². The van der Waals surface area contributed by atoms with Crippen molar-refractivity contribution in [3.63, 3.8) is 0 Å². The fourth-order valence-electron chi connectivity index (χ4n) is 1.78. The summed E-state index contributed by atoms with van der Waals surface area (Å²) in [4.78, 5) is 23.5. The van der Waals surface area contributed by atoms with Gasteiger partial charge < -0.3 is 10.1 Å². The number of anilines is 1. The lowest BCUT2D eigenvalue weighted by Gasteiger charge is -2.08. The number of amides is 1. The van der Waals surface area contributed by atoms with Crippen LogP contribution < -0.4 is 5.32 Å². The van der Waals surface area contributed by atoms with E-state index < -0.39 is 18.5 Å². The van der Waals surface area contributed by atoms with E-state index in [4.69, 9.17) is 39.5 Å². The summed E-state index contributed by atoms with van der Waals surface area (Å²) in [6.45, 7) is -0.392. The van der Waals surface area contributed by atoms with Gasteiger partial charge in [0.25, 0.3) is 5.91 Å². The Morgan fingerprint density at radius 3 is 2.43 bits per heavy atom. The molecule has 0 aromatic heterocycles. The number of hydrogen-bond acceptors (Lipinski definition) is 3. The Hall–Kier alpha value is -1.75. The van der Waals surface area contributed by atoms with Crippen LogP contribution in [0.1, 0.15) is 5.56 Å². The Kier molecular flexibility index (Phi) is 6.28. The van der Waals surface area contributed by atoms with Crippen LogP contribution in [0.2, 0.25) is 15.1 Å². The lowest BCUT2D eigenvalue weighted by atomic mass is 10.1. The van der Waals surface area contributed by atoms with E-state index in [1.165, 1.54) is 6.07 Å². The van der Waals surface area contributed by atoms with Crippen LogP contribution >= 0.6 is 34.8 Å². The van der Waals surface area contributed by atoms with E-state index in [9.17, 15) is 9.59 Å². The van der Waals surface area contributed by atoms with E-state index in [0.717, 1.165) is 0 Å². The topological polar surface area (TPSA) is 55.4 Å². The van der Waals surface area contributed by atoms with Gasteiger partial charge >= 0.3 is 5.97 Å². The number of ether oxygens (including phenoxy) is 1. The molecule has 0 unspecified atom stereocenters. The van der Waals surface area contributed by atoms with E-state index in [0.29, 0.717) is 26.3 Å². The van der Waals surface area contributed by atoms with Crippen LogP contribution in [0.3, 0.4) is 0 Å². The maximum Gasteiger partial charge on any atom is 0.310 e. The van der Waals surface area contributed by atoms with Gasteiger partial charge in [0.1, 0.15) is 0 Å². The molecule has 0 fully saturated rings. The second kappa shape index (κ2) is 8.20. The van der Waals surface area contributed by atoms with Crippen molar-refractivity contribution < 1.29 is 14.3 Å². The van der Waals surface area contributed by atoms with Gasteiger partial charge in [-0.3, -0.25) is 9.59 Å². The molecule has 1 N–H and O–H groups in total. The average molecular weight is 373 g/mol. The van der Waals surface area contributed by atoms with Crippen LogP contribution in [0.5, 0.6) is 0 Å². The van der Waals surface area contributed by atoms with Gasteiger partial charge in [-0.2, -0.15) is 0 Å². The number of halogens is 3. The van der Waals surface area contributed by atoms with Crippen molar-refractivity contribution in [3.05, 3.63) is 63.1 Å². The zero-order chi connectivity index (χ0) is 16.8. The number of rotatable bonds is 5. The highest BCUT2D eigenvalue weighted by Gasteiger charge is 2.11. The fraction of sp³-hybridized carbons (Fsp3) is 0.125. The van der Waals surface area contributed by atoms with Gasteiger partial charge in [0.2, 0.25) is 0 Å². The van der Waals surface area contributed by atoms with Crippen LogP contribution in [0.25, 0.3) is 0 Å². The molecule has 2 aromatic carbocycles. The monoisotopic (exact) mass is 371 g/mol. The van der Waals surface area contributed by atoms with Crippen LogP contribution in [0.15, 0.2) is 42.5 Å². The summed E-state index contributed by atoms with van der Waals surface area (Å²) in [6.07, 6.45) is -0.0412. The molecule has 0 saturated heterocycles. The average Bonchev–Trinajstić information content (AvgIpc) is 2.48. The molecule has 23 heavy (non-hydrogen) atoms. The first-order chi connectivity index (χ1) is 10.9. The highest BCUT2D eigenvalue weighted by molar-refractivity contribution is 6.35. The Labute approximate surface area is 148 Å². The predicted octanol–water partition coefficient (Wildman–Crippen LogP) is 4.37. The first-order valence-corrected chi connectivity index (χ1v) is 7.72. The molecule has 0 aliphatic rings. The molecule has 0 aliphatic carbocycles. The molecule has 0 aliphatic heterocycles. The van der Waals surface area contributed by atoms with Gasteiger partial charge in [-0.15, -0.1) is 0 Å². The summed E-state index contributed by atoms with van der Waals surface area (Å²) in [6, 6.07) is 11.5. The normalized spacial score (nSPS) is 10.2. The van der Waals surface area contributed by atoms with Gasteiger partial charge in [0, 0.05) is 20.8 Å². The number of esters is 1. The first-order valence-electron chi connectivity index (χ1n) is 6.59. The third-order valence-electron chi connectivity index (χ3n) is 2.82. The highest BCUT2D eigenvalue weighted by Crippen LogP contribution is 2.21. The zero-order valence-electron chi connectivity index (χ0n) is 11.8. The van der Waals surface area contributed by atoms with E-state index in [2.05, 4.69) is 5.32 Å². The molecule has 2 rings (SSSR count). The van der Waals surface area contributed by atoms with Crippen molar-refractivity contribution in [1.29, 1.82) is 0 Å². The minimum absolute atomic E-state index is 0.0412. The summed E-state index contributed by atoms with van der Waals surface area (Å²) >= 11 is 17.6. The second-order valence-corrected chi connectivity index (χ2v) is 5.91. The highest BCUT2D eigenvalue weighted by atomic mass is 35.5. The van der Waals surface area contributed by atoms with E-state index in [1.54, 1.807) is 36.4 Å². The standard InChI is InChI=1S/C16H12Cl3NO3/c17-11-2-1-3-13(7-11)20-15(21)9-23-16(22)6-10-4-5-12(18)8-14(10)19/h1-5,7-8H,6,9H2,(H,20,21). The lowest BCUT2D eigenvalue weighted by molar-refractivity contribution is -0.146. The van der Waals surface area contributed by atoms with Crippen LogP contribution in [0.4, 0.5) is 5.69 Å². The van der Waals surface area contributed by atoms with Crippen molar-refractivity contribution in [2.24, 2.45) is 0 Å². The smallest absolute Gasteiger partial charge is 0.310 e. The Bertz CT molecular complexity index is 734. The molecule has 0 radical (unpaired) electrons. The predicted molar refractivity (Wildman–Crippen MR) is 91.2 cm³/mol. The number of nitrogens with one attached hydrogen (secondary N) is 1. The quantitative estimate of drug-likeness (QED) is 0.793. The van der Waals surface area contributed by atoms with Crippen molar-refractivity contribution >= 4 is 52.4 Å². The largest absolute Gasteiger partial charge is 0.455 e. The summed E-state index contributed by atoms with van der Waals surface area (Å²) in [7, 11) is 0. The van der Waals surface area contributed by atoms with Gasteiger partial charge in [-0.1, -0.05) is 46.9 Å². The molecular weight excluding hydrogens is 361 g/mol. The SMILES string of the molecule is O=C(COC(=O)Cc1ccc(Cl)cc1Cl)Nc1cccc(Cl)c1. The summed E-state index contributed by atoms with van der Waals surface area (Å²) in [5.41, 5.74) is 1.11. The molecule has 0 atom stereocenters. The van der Waals surface area contributed by atoms with Crippen molar-refractivity contribution in [2.75, 3.05) is 11.9 Å². The minimum atomic E-state index is -0.560. The maximum absolute atomic E-state index is 11.7. The molecule has 0 heterocycles. The first kappa shape index (κ1) is 17.6.